The van der Waals surface area contributed by atoms with E-state index in [9.17, 15) is 18.0 Å². The summed E-state index contributed by atoms with van der Waals surface area (Å²) in [7, 11) is -3.78. The molecule has 0 bridgehead atoms. The lowest BCUT2D eigenvalue weighted by atomic mass is 9.95. The zero-order valence-electron chi connectivity index (χ0n) is 16.5. The van der Waals surface area contributed by atoms with Crippen molar-refractivity contribution in [3.05, 3.63) is 28.8 Å². The van der Waals surface area contributed by atoms with Crippen molar-refractivity contribution >= 4 is 33.5 Å². The number of nitrogens with one attached hydrogen (secondary N) is 1. The summed E-state index contributed by atoms with van der Waals surface area (Å²) >= 11 is 6.11. The number of rotatable bonds is 6. The average molecular weight is 443 g/mol. The molecule has 0 spiro atoms. The van der Waals surface area contributed by atoms with Crippen molar-refractivity contribution in [3.8, 4) is 0 Å². The molecule has 1 N–H and O–H groups in total. The van der Waals surface area contributed by atoms with Gasteiger partial charge in [-0.25, -0.2) is 13.2 Å². The van der Waals surface area contributed by atoms with Crippen LogP contribution in [0.1, 0.15) is 62.2 Å². The molecule has 9 heteroatoms. The van der Waals surface area contributed by atoms with Crippen LogP contribution in [0, 0.1) is 0 Å². The van der Waals surface area contributed by atoms with Gasteiger partial charge in [-0.1, -0.05) is 30.9 Å². The summed E-state index contributed by atoms with van der Waals surface area (Å²) in [5, 5.41) is 2.97. The third-order valence-electron chi connectivity index (χ3n) is 5.45. The maximum absolute atomic E-state index is 12.8. The van der Waals surface area contributed by atoms with Gasteiger partial charge in [-0.3, -0.25) is 4.79 Å². The molecule has 1 atom stereocenters. The second-order valence-electron chi connectivity index (χ2n) is 7.65. The fourth-order valence-corrected chi connectivity index (χ4v) is 5.76. The predicted octanol–water partition coefficient (Wildman–Crippen LogP) is 3.12. The van der Waals surface area contributed by atoms with Crippen LogP contribution in [0.3, 0.4) is 0 Å². The van der Waals surface area contributed by atoms with E-state index in [1.165, 1.54) is 35.8 Å². The second-order valence-corrected chi connectivity index (χ2v) is 9.96. The van der Waals surface area contributed by atoms with Crippen molar-refractivity contribution in [1.82, 2.24) is 9.62 Å². The van der Waals surface area contributed by atoms with Crippen LogP contribution < -0.4 is 5.32 Å². The van der Waals surface area contributed by atoms with Gasteiger partial charge < -0.3 is 10.1 Å². The largest absolute Gasteiger partial charge is 0.449 e. The van der Waals surface area contributed by atoms with Crippen LogP contribution in [0.15, 0.2) is 23.1 Å². The summed E-state index contributed by atoms with van der Waals surface area (Å²) in [5.74, 6) is -1.10. The Labute approximate surface area is 176 Å². The number of amides is 1. The summed E-state index contributed by atoms with van der Waals surface area (Å²) in [5.41, 5.74) is 0.0458. The van der Waals surface area contributed by atoms with E-state index in [0.29, 0.717) is 13.1 Å². The molecule has 2 aliphatic rings. The van der Waals surface area contributed by atoms with Crippen LogP contribution in [0.5, 0.6) is 0 Å². The first-order valence-electron chi connectivity index (χ1n) is 10.1. The minimum atomic E-state index is -3.78. The highest BCUT2D eigenvalue weighted by atomic mass is 35.5. The van der Waals surface area contributed by atoms with Gasteiger partial charge >= 0.3 is 5.97 Å². The third kappa shape index (κ3) is 5.29. The van der Waals surface area contributed by atoms with Gasteiger partial charge in [0.15, 0.2) is 6.10 Å². The SMILES string of the molecule is C[C@@H](OC(=O)c1ccc(Cl)c(S(=O)(=O)N2CCCC2)c1)C(=O)NC1CCCCC1. The zero-order valence-corrected chi connectivity index (χ0v) is 18.1. The van der Waals surface area contributed by atoms with E-state index in [-0.39, 0.29) is 27.4 Å². The van der Waals surface area contributed by atoms with Gasteiger partial charge in [0, 0.05) is 19.1 Å². The van der Waals surface area contributed by atoms with Crippen LogP contribution in [0.2, 0.25) is 5.02 Å². The van der Waals surface area contributed by atoms with E-state index >= 15 is 0 Å². The van der Waals surface area contributed by atoms with Crippen LogP contribution in [-0.2, 0) is 19.6 Å². The van der Waals surface area contributed by atoms with E-state index in [2.05, 4.69) is 5.32 Å². The standard InChI is InChI=1S/C20H27ClN2O5S/c1-14(19(24)22-16-7-3-2-4-8-16)28-20(25)15-9-10-17(21)18(13-15)29(26,27)23-11-5-6-12-23/h9-10,13-14,16H,2-8,11-12H2,1H3,(H,22,24)/t14-/m1/s1. The summed E-state index contributed by atoms with van der Waals surface area (Å²) in [6.45, 7) is 2.38. The van der Waals surface area contributed by atoms with Gasteiger partial charge in [0.05, 0.1) is 10.6 Å². The molecule has 1 aliphatic heterocycles. The van der Waals surface area contributed by atoms with Gasteiger partial charge in [0.25, 0.3) is 5.91 Å². The first kappa shape index (κ1) is 22.1. The highest BCUT2D eigenvalue weighted by Crippen LogP contribution is 2.28. The number of esters is 1. The van der Waals surface area contributed by atoms with E-state index in [1.807, 2.05) is 0 Å². The number of carbonyl (C=O) groups is 2. The Kier molecular flexibility index (Phi) is 7.19. The zero-order chi connectivity index (χ0) is 21.0. The number of nitrogens with zero attached hydrogens (tertiary/aromatic N) is 1. The normalized spacial score (nSPS) is 19.7. The number of hydrogen-bond donors (Lipinski definition) is 1. The van der Waals surface area contributed by atoms with E-state index < -0.39 is 22.1 Å². The van der Waals surface area contributed by atoms with Crippen molar-refractivity contribution in [2.45, 2.75) is 68.9 Å². The van der Waals surface area contributed by atoms with Gasteiger partial charge in [-0.2, -0.15) is 4.31 Å². The highest BCUT2D eigenvalue weighted by molar-refractivity contribution is 7.89. The molecular weight excluding hydrogens is 416 g/mol. The van der Waals surface area contributed by atoms with Crippen molar-refractivity contribution < 1.29 is 22.7 Å². The molecule has 29 heavy (non-hydrogen) atoms. The number of carbonyl (C=O) groups excluding carboxylic acids is 2. The molecule has 1 aromatic carbocycles. The summed E-state index contributed by atoms with van der Waals surface area (Å²) in [4.78, 5) is 24.7. The Hall–Kier alpha value is -1.64. The van der Waals surface area contributed by atoms with Crippen LogP contribution in [0.25, 0.3) is 0 Å². The van der Waals surface area contributed by atoms with Gasteiger partial charge in [-0.15, -0.1) is 0 Å². The first-order valence-corrected chi connectivity index (χ1v) is 11.9. The fourth-order valence-electron chi connectivity index (χ4n) is 3.74. The summed E-state index contributed by atoms with van der Waals surface area (Å²) < 4.78 is 32.2. The minimum Gasteiger partial charge on any atom is -0.449 e. The Morgan fingerprint density at radius 2 is 1.79 bits per heavy atom. The predicted molar refractivity (Wildman–Crippen MR) is 109 cm³/mol. The maximum atomic E-state index is 12.8. The fraction of sp³-hybridized carbons (Fsp3) is 0.600. The number of benzene rings is 1. The summed E-state index contributed by atoms with van der Waals surface area (Å²) in [6.07, 6.45) is 5.83. The third-order valence-corrected chi connectivity index (χ3v) is 7.83. The van der Waals surface area contributed by atoms with Crippen LogP contribution in [-0.4, -0.2) is 49.8 Å². The Balaban J connectivity index is 1.68. The van der Waals surface area contributed by atoms with E-state index in [1.54, 1.807) is 0 Å². The minimum absolute atomic E-state index is 0.0458. The molecule has 1 aliphatic carbocycles. The lowest BCUT2D eigenvalue weighted by Crippen LogP contribution is -2.42. The molecule has 0 radical (unpaired) electrons. The molecule has 1 aromatic rings. The Bertz CT molecular complexity index is 862. The number of sulfonamides is 1. The number of hydrogen-bond acceptors (Lipinski definition) is 5. The molecule has 1 saturated carbocycles. The van der Waals surface area contributed by atoms with Crippen molar-refractivity contribution in [2.75, 3.05) is 13.1 Å². The molecule has 1 heterocycles. The molecule has 0 unspecified atom stereocenters. The van der Waals surface area contributed by atoms with Crippen LogP contribution in [0.4, 0.5) is 0 Å². The molecule has 7 nitrogen and oxygen atoms in total. The van der Waals surface area contributed by atoms with Crippen LogP contribution >= 0.6 is 11.6 Å². The topological polar surface area (TPSA) is 92.8 Å². The lowest BCUT2D eigenvalue weighted by Gasteiger charge is -2.24. The second kappa shape index (κ2) is 9.45. The maximum Gasteiger partial charge on any atom is 0.338 e. The monoisotopic (exact) mass is 442 g/mol. The first-order chi connectivity index (χ1) is 13.8. The van der Waals surface area contributed by atoms with Gasteiger partial charge in [0.2, 0.25) is 10.0 Å². The van der Waals surface area contributed by atoms with Crippen molar-refractivity contribution in [1.29, 1.82) is 0 Å². The van der Waals surface area contributed by atoms with E-state index in [0.717, 1.165) is 38.5 Å². The average Bonchev–Trinajstić information content (AvgIpc) is 3.24. The highest BCUT2D eigenvalue weighted by Gasteiger charge is 2.30. The molecule has 0 aromatic heterocycles. The number of halogens is 1. The molecule has 1 amide bonds. The van der Waals surface area contributed by atoms with Crippen molar-refractivity contribution in [3.63, 3.8) is 0 Å². The Morgan fingerprint density at radius 1 is 1.14 bits per heavy atom. The quantitative estimate of drug-likeness (QED) is 0.683. The van der Waals surface area contributed by atoms with E-state index in [4.69, 9.17) is 16.3 Å². The Morgan fingerprint density at radius 3 is 2.45 bits per heavy atom. The molecule has 1 saturated heterocycles. The molecule has 3 rings (SSSR count). The van der Waals surface area contributed by atoms with Gasteiger partial charge in [-0.05, 0) is 50.8 Å². The number of ether oxygens (including phenoxy) is 1. The summed E-state index contributed by atoms with van der Waals surface area (Å²) in [6, 6.07) is 4.11. The van der Waals surface area contributed by atoms with Crippen molar-refractivity contribution in [2.24, 2.45) is 0 Å². The molecule has 2 fully saturated rings. The van der Waals surface area contributed by atoms with Gasteiger partial charge in [0.1, 0.15) is 4.90 Å². The molecule has 160 valence electrons. The smallest absolute Gasteiger partial charge is 0.338 e. The molecular formula is C20H27ClN2O5S. The lowest BCUT2D eigenvalue weighted by molar-refractivity contribution is -0.130.